The van der Waals surface area contributed by atoms with Crippen molar-refractivity contribution < 1.29 is 9.18 Å². The molecule has 1 amide bonds. The van der Waals surface area contributed by atoms with Gasteiger partial charge < -0.3 is 5.32 Å². The van der Waals surface area contributed by atoms with E-state index in [2.05, 4.69) is 10.3 Å². The first kappa shape index (κ1) is 11.5. The summed E-state index contributed by atoms with van der Waals surface area (Å²) in [6, 6.07) is 8.13. The van der Waals surface area contributed by atoms with Crippen LogP contribution in [0.2, 0.25) is 0 Å². The summed E-state index contributed by atoms with van der Waals surface area (Å²) < 4.78 is 13.0. The minimum atomic E-state index is -0.266. The van der Waals surface area contributed by atoms with E-state index in [4.69, 9.17) is 0 Å². The number of hydrogen-bond acceptors (Lipinski definition) is 2. The van der Waals surface area contributed by atoms with Crippen LogP contribution in [0.1, 0.15) is 12.1 Å². The van der Waals surface area contributed by atoms with Gasteiger partial charge >= 0.3 is 0 Å². The summed E-state index contributed by atoms with van der Waals surface area (Å²) in [7, 11) is 1.61. The number of rotatable bonds is 3. The number of halogens is 1. The Labute approximate surface area is 98.7 Å². The molecule has 1 aromatic heterocycles. The largest absolute Gasteiger partial charge is 0.359 e. The Morgan fingerprint density at radius 2 is 2.18 bits per heavy atom. The smallest absolute Gasteiger partial charge is 0.220 e. The molecule has 1 aromatic carbocycles. The Morgan fingerprint density at radius 3 is 2.94 bits per heavy atom. The topological polar surface area (TPSA) is 42.0 Å². The number of carbonyl (C=O) groups excluding carboxylic acids is 1. The number of carbonyl (C=O) groups is 1. The van der Waals surface area contributed by atoms with E-state index >= 15 is 0 Å². The number of aryl methyl sites for hydroxylation is 1. The average molecular weight is 232 g/mol. The molecule has 2 rings (SSSR count). The fourth-order valence-corrected chi connectivity index (χ4v) is 1.64. The predicted molar refractivity (Wildman–Crippen MR) is 64.1 cm³/mol. The van der Waals surface area contributed by atoms with E-state index in [1.165, 1.54) is 12.1 Å². The molecule has 2 aromatic rings. The minimum absolute atomic E-state index is 0.00833. The second-order valence-electron chi connectivity index (χ2n) is 3.81. The molecule has 17 heavy (non-hydrogen) atoms. The van der Waals surface area contributed by atoms with E-state index in [9.17, 15) is 9.18 Å². The second kappa shape index (κ2) is 4.91. The zero-order valence-electron chi connectivity index (χ0n) is 9.53. The number of hydrogen-bond donors (Lipinski definition) is 1. The number of nitrogens with one attached hydrogen (secondary N) is 1. The third-order valence-corrected chi connectivity index (χ3v) is 2.60. The highest BCUT2D eigenvalue weighted by molar-refractivity contribution is 5.79. The molecule has 0 aliphatic rings. The molecule has 1 heterocycles. The summed E-state index contributed by atoms with van der Waals surface area (Å²) in [5.74, 6) is -0.275. The van der Waals surface area contributed by atoms with Gasteiger partial charge in [-0.15, -0.1) is 0 Å². The summed E-state index contributed by atoms with van der Waals surface area (Å²) in [6.07, 6.45) is 1.00. The van der Waals surface area contributed by atoms with Gasteiger partial charge in [-0.2, -0.15) is 0 Å². The lowest BCUT2D eigenvalue weighted by atomic mass is 10.1. The summed E-state index contributed by atoms with van der Waals surface area (Å²) in [4.78, 5) is 15.5. The molecule has 0 radical (unpaired) electrons. The minimum Gasteiger partial charge on any atom is -0.359 e. The van der Waals surface area contributed by atoms with Crippen molar-refractivity contribution in [3.63, 3.8) is 0 Å². The molecule has 0 saturated carbocycles. The lowest BCUT2D eigenvalue weighted by Crippen LogP contribution is -2.18. The lowest BCUT2D eigenvalue weighted by molar-refractivity contribution is -0.120. The molecule has 3 nitrogen and oxygen atoms in total. The quantitative estimate of drug-likeness (QED) is 0.880. The molecule has 1 N–H and O–H groups in total. The highest BCUT2D eigenvalue weighted by atomic mass is 19.1. The van der Waals surface area contributed by atoms with Gasteiger partial charge in [-0.25, -0.2) is 4.39 Å². The third kappa shape index (κ3) is 2.78. The molecule has 0 saturated heterocycles. The van der Waals surface area contributed by atoms with Crippen molar-refractivity contribution in [1.82, 2.24) is 10.3 Å². The van der Waals surface area contributed by atoms with Crippen LogP contribution in [0.4, 0.5) is 4.39 Å². The van der Waals surface area contributed by atoms with Gasteiger partial charge in [0.2, 0.25) is 5.91 Å². The molecule has 0 bridgehead atoms. The monoisotopic (exact) mass is 232 g/mol. The first-order valence-electron chi connectivity index (χ1n) is 5.45. The third-order valence-electron chi connectivity index (χ3n) is 2.60. The summed E-state index contributed by atoms with van der Waals surface area (Å²) in [5, 5.41) is 3.34. The van der Waals surface area contributed by atoms with Crippen LogP contribution in [-0.4, -0.2) is 17.9 Å². The Hall–Kier alpha value is -1.97. The number of pyridine rings is 1. The summed E-state index contributed by atoms with van der Waals surface area (Å²) in [6.45, 7) is 0. The van der Waals surface area contributed by atoms with Crippen molar-refractivity contribution in [1.29, 1.82) is 0 Å². The number of aromatic nitrogens is 1. The first-order valence-corrected chi connectivity index (χ1v) is 5.45. The van der Waals surface area contributed by atoms with Crippen LogP contribution >= 0.6 is 0 Å². The fraction of sp³-hybridized carbons (Fsp3) is 0.231. The van der Waals surface area contributed by atoms with Crippen LogP contribution in [0.25, 0.3) is 10.9 Å². The molecule has 0 spiro atoms. The molecule has 0 aliphatic carbocycles. The van der Waals surface area contributed by atoms with E-state index in [1.54, 1.807) is 13.1 Å². The van der Waals surface area contributed by atoms with Crippen LogP contribution < -0.4 is 5.32 Å². The Bertz CT molecular complexity index is 554. The summed E-state index contributed by atoms with van der Waals surface area (Å²) >= 11 is 0. The number of fused-ring (bicyclic) bond motifs is 1. The van der Waals surface area contributed by atoms with Gasteiger partial charge in [0.25, 0.3) is 0 Å². The number of nitrogens with zero attached hydrogens (tertiary/aromatic N) is 1. The van der Waals surface area contributed by atoms with Crippen molar-refractivity contribution in [3.8, 4) is 0 Å². The van der Waals surface area contributed by atoms with E-state index < -0.39 is 0 Å². The maximum absolute atomic E-state index is 13.0. The van der Waals surface area contributed by atoms with Crippen molar-refractivity contribution in [2.45, 2.75) is 12.8 Å². The van der Waals surface area contributed by atoms with Gasteiger partial charge in [0.05, 0.1) is 5.52 Å². The zero-order chi connectivity index (χ0) is 12.3. The second-order valence-corrected chi connectivity index (χ2v) is 3.81. The van der Waals surface area contributed by atoms with Crippen molar-refractivity contribution in [3.05, 3.63) is 41.8 Å². The maximum Gasteiger partial charge on any atom is 0.220 e. The lowest BCUT2D eigenvalue weighted by Gasteiger charge is -2.03. The Morgan fingerprint density at radius 1 is 1.35 bits per heavy atom. The van der Waals surface area contributed by atoms with Crippen LogP contribution in [-0.2, 0) is 11.2 Å². The highest BCUT2D eigenvalue weighted by Crippen LogP contribution is 2.14. The SMILES string of the molecule is CNC(=O)CCc1ccc2cc(F)ccc2n1. The van der Waals surface area contributed by atoms with Crippen molar-refractivity contribution in [2.24, 2.45) is 0 Å². The fourth-order valence-electron chi connectivity index (χ4n) is 1.64. The van der Waals surface area contributed by atoms with Crippen LogP contribution in [0.5, 0.6) is 0 Å². The van der Waals surface area contributed by atoms with E-state index in [0.29, 0.717) is 12.8 Å². The van der Waals surface area contributed by atoms with Gasteiger partial charge in [0.1, 0.15) is 5.82 Å². The number of amides is 1. The molecule has 88 valence electrons. The van der Waals surface area contributed by atoms with Crippen LogP contribution in [0, 0.1) is 5.82 Å². The molecule has 0 unspecified atom stereocenters. The van der Waals surface area contributed by atoms with E-state index in [-0.39, 0.29) is 11.7 Å². The van der Waals surface area contributed by atoms with E-state index in [1.807, 2.05) is 12.1 Å². The standard InChI is InChI=1S/C13H13FN2O/c1-15-13(17)7-5-11-4-2-9-8-10(14)3-6-12(9)16-11/h2-4,6,8H,5,7H2,1H3,(H,15,17). The van der Waals surface area contributed by atoms with Gasteiger partial charge in [-0.3, -0.25) is 9.78 Å². The van der Waals surface area contributed by atoms with Crippen molar-refractivity contribution in [2.75, 3.05) is 7.05 Å². The summed E-state index contributed by atoms with van der Waals surface area (Å²) in [5.41, 5.74) is 1.59. The molecular weight excluding hydrogens is 219 g/mol. The molecule has 0 aliphatic heterocycles. The van der Waals surface area contributed by atoms with Gasteiger partial charge in [-0.1, -0.05) is 6.07 Å². The van der Waals surface area contributed by atoms with Gasteiger partial charge in [0, 0.05) is 24.5 Å². The Balaban J connectivity index is 2.20. The molecule has 0 atom stereocenters. The average Bonchev–Trinajstić information content (AvgIpc) is 2.35. The number of benzene rings is 1. The zero-order valence-corrected chi connectivity index (χ0v) is 9.53. The van der Waals surface area contributed by atoms with Crippen LogP contribution in [0.3, 0.4) is 0 Å². The van der Waals surface area contributed by atoms with Crippen molar-refractivity contribution >= 4 is 16.8 Å². The van der Waals surface area contributed by atoms with Gasteiger partial charge in [-0.05, 0) is 30.7 Å². The first-order chi connectivity index (χ1) is 8.19. The Kier molecular flexibility index (Phi) is 3.32. The van der Waals surface area contributed by atoms with E-state index in [0.717, 1.165) is 16.6 Å². The molecular formula is C13H13FN2O. The highest BCUT2D eigenvalue weighted by Gasteiger charge is 2.03. The predicted octanol–water partition coefficient (Wildman–Crippen LogP) is 2.05. The normalized spacial score (nSPS) is 10.5. The maximum atomic E-state index is 13.0. The molecule has 0 fully saturated rings. The van der Waals surface area contributed by atoms with Gasteiger partial charge in [0.15, 0.2) is 0 Å². The molecule has 4 heteroatoms. The van der Waals surface area contributed by atoms with Crippen LogP contribution in [0.15, 0.2) is 30.3 Å².